The van der Waals surface area contributed by atoms with E-state index in [9.17, 15) is 10.1 Å². The van der Waals surface area contributed by atoms with Gasteiger partial charge in [0.1, 0.15) is 11.6 Å². The third-order valence-electron chi connectivity index (χ3n) is 3.77. The summed E-state index contributed by atoms with van der Waals surface area (Å²) in [5, 5.41) is 9.21. The zero-order valence-corrected chi connectivity index (χ0v) is 13.1. The van der Waals surface area contributed by atoms with E-state index in [4.69, 9.17) is 14.2 Å². The molecule has 1 unspecified atom stereocenters. The van der Waals surface area contributed by atoms with E-state index < -0.39 is 5.97 Å². The van der Waals surface area contributed by atoms with Gasteiger partial charge in [0, 0.05) is 12.0 Å². The first-order valence-corrected chi connectivity index (χ1v) is 7.36. The molecule has 1 aliphatic rings. The monoisotopic (exact) mass is 304 g/mol. The minimum absolute atomic E-state index is 0.176. The van der Waals surface area contributed by atoms with E-state index in [-0.39, 0.29) is 24.7 Å². The van der Waals surface area contributed by atoms with E-state index >= 15 is 0 Å². The number of fused-ring (bicyclic) bond motifs is 1. The quantitative estimate of drug-likeness (QED) is 0.775. The zero-order valence-electron chi connectivity index (χ0n) is 13.1. The van der Waals surface area contributed by atoms with Crippen LogP contribution in [0.2, 0.25) is 0 Å². The van der Waals surface area contributed by atoms with Crippen molar-refractivity contribution < 1.29 is 19.0 Å². The van der Waals surface area contributed by atoms with Crippen LogP contribution in [-0.4, -0.2) is 29.8 Å². The van der Waals surface area contributed by atoms with Crippen molar-refractivity contribution in [2.75, 3.05) is 13.2 Å². The lowest BCUT2D eigenvalue weighted by Gasteiger charge is -2.33. The van der Waals surface area contributed by atoms with E-state index in [0.29, 0.717) is 18.6 Å². The first kappa shape index (κ1) is 16.2. The predicted octanol–water partition coefficient (Wildman–Crippen LogP) is 2.14. The lowest BCUT2D eigenvalue weighted by molar-refractivity contribution is -0.145. The van der Waals surface area contributed by atoms with Gasteiger partial charge in [0.2, 0.25) is 5.88 Å². The number of carbonyl (C=O) groups excluding carboxylic acids is 1. The molecule has 1 aromatic rings. The Morgan fingerprint density at radius 3 is 2.95 bits per heavy atom. The second-order valence-corrected chi connectivity index (χ2v) is 5.42. The molecule has 0 saturated heterocycles. The van der Waals surface area contributed by atoms with Crippen molar-refractivity contribution >= 4 is 5.97 Å². The number of nitrogens with zero attached hydrogens (tertiary/aromatic N) is 2. The van der Waals surface area contributed by atoms with Gasteiger partial charge in [-0.1, -0.05) is 6.92 Å². The Morgan fingerprint density at radius 2 is 2.32 bits per heavy atom. The van der Waals surface area contributed by atoms with E-state index in [1.165, 1.54) is 0 Å². The van der Waals surface area contributed by atoms with Gasteiger partial charge in [-0.05, 0) is 26.3 Å². The summed E-state index contributed by atoms with van der Waals surface area (Å²) in [6.45, 7) is 6.29. The molecule has 0 saturated carbocycles. The molecule has 1 atom stereocenters. The van der Waals surface area contributed by atoms with Crippen molar-refractivity contribution in [3.05, 3.63) is 22.9 Å². The topological polar surface area (TPSA) is 81.4 Å². The number of aromatic nitrogens is 1. The van der Waals surface area contributed by atoms with Crippen molar-refractivity contribution in [2.24, 2.45) is 0 Å². The molecule has 0 fully saturated rings. The third-order valence-corrected chi connectivity index (χ3v) is 3.77. The molecule has 6 heteroatoms. The van der Waals surface area contributed by atoms with Gasteiger partial charge in [-0.3, -0.25) is 0 Å². The fourth-order valence-electron chi connectivity index (χ4n) is 2.26. The number of nitriles is 1. The molecule has 2 rings (SSSR count). The summed E-state index contributed by atoms with van der Waals surface area (Å²) in [6.07, 6.45) is 1.52. The summed E-state index contributed by atoms with van der Waals surface area (Å²) >= 11 is 0. The molecule has 0 amide bonds. The molecule has 0 spiro atoms. The molecule has 118 valence electrons. The first-order chi connectivity index (χ1) is 10.5. The van der Waals surface area contributed by atoms with Crippen molar-refractivity contribution in [3.8, 4) is 11.9 Å². The number of hydrogen-bond donors (Lipinski definition) is 0. The normalized spacial score (nSPS) is 19.9. The summed E-state index contributed by atoms with van der Waals surface area (Å²) in [6, 6.07) is 3.76. The first-order valence-electron chi connectivity index (χ1n) is 7.36. The van der Waals surface area contributed by atoms with Crippen molar-refractivity contribution in [2.45, 2.75) is 45.8 Å². The minimum Gasteiger partial charge on any atom is -0.465 e. The van der Waals surface area contributed by atoms with Gasteiger partial charge in [0.15, 0.2) is 6.61 Å². The lowest BCUT2D eigenvalue weighted by atomic mass is 9.91. The van der Waals surface area contributed by atoms with Gasteiger partial charge in [0.05, 0.1) is 24.5 Å². The molecule has 1 aliphatic heterocycles. The van der Waals surface area contributed by atoms with Crippen LogP contribution in [0.25, 0.3) is 0 Å². The highest BCUT2D eigenvalue weighted by Crippen LogP contribution is 2.31. The fraction of sp³-hybridized carbons (Fsp3) is 0.562. The maximum Gasteiger partial charge on any atom is 0.344 e. The van der Waals surface area contributed by atoms with Crippen molar-refractivity contribution in [3.63, 3.8) is 0 Å². The lowest BCUT2D eigenvalue weighted by Crippen LogP contribution is -2.35. The third kappa shape index (κ3) is 3.55. The Morgan fingerprint density at radius 1 is 1.55 bits per heavy atom. The molecule has 0 N–H and O–H groups in total. The molecule has 0 bridgehead atoms. The Hall–Kier alpha value is -2.13. The molecule has 0 radical (unpaired) electrons. The van der Waals surface area contributed by atoms with E-state index in [2.05, 4.69) is 11.9 Å². The summed E-state index contributed by atoms with van der Waals surface area (Å²) in [4.78, 5) is 15.8. The Kier molecular flexibility index (Phi) is 4.99. The van der Waals surface area contributed by atoms with Crippen LogP contribution in [0.1, 0.15) is 44.0 Å². The summed E-state index contributed by atoms with van der Waals surface area (Å²) in [5.41, 5.74) is 1.79. The zero-order chi connectivity index (χ0) is 16.2. The average Bonchev–Trinajstić information content (AvgIpc) is 2.52. The number of esters is 1. The molecule has 2 heterocycles. The van der Waals surface area contributed by atoms with Gasteiger partial charge in [0.25, 0.3) is 0 Å². The van der Waals surface area contributed by atoms with Crippen LogP contribution in [0.15, 0.2) is 6.07 Å². The van der Waals surface area contributed by atoms with Crippen molar-refractivity contribution in [1.29, 1.82) is 5.26 Å². The molecule has 0 aliphatic carbocycles. The van der Waals surface area contributed by atoms with Gasteiger partial charge in [-0.2, -0.15) is 5.26 Å². The van der Waals surface area contributed by atoms with Crippen molar-refractivity contribution in [1.82, 2.24) is 4.98 Å². The fourth-order valence-corrected chi connectivity index (χ4v) is 2.26. The largest absolute Gasteiger partial charge is 0.465 e. The second kappa shape index (κ2) is 6.75. The number of carbonyl (C=O) groups is 1. The molecular formula is C16H20N2O4. The van der Waals surface area contributed by atoms with Crippen LogP contribution in [-0.2, 0) is 27.3 Å². The van der Waals surface area contributed by atoms with E-state index in [1.807, 2.05) is 13.0 Å². The number of rotatable bonds is 5. The van der Waals surface area contributed by atoms with Gasteiger partial charge < -0.3 is 14.2 Å². The van der Waals surface area contributed by atoms with Crippen LogP contribution < -0.4 is 4.74 Å². The molecule has 22 heavy (non-hydrogen) atoms. The van der Waals surface area contributed by atoms with Gasteiger partial charge in [-0.15, -0.1) is 0 Å². The van der Waals surface area contributed by atoms with Crippen LogP contribution in [0.5, 0.6) is 5.88 Å². The Balaban J connectivity index is 2.22. The summed E-state index contributed by atoms with van der Waals surface area (Å²) < 4.78 is 16.0. The molecule has 6 nitrogen and oxygen atoms in total. The second-order valence-electron chi connectivity index (χ2n) is 5.42. The SMILES string of the molecule is CCOC(=O)COc1nc2c(cc1C#N)COC(C)(CC)C2. The van der Waals surface area contributed by atoms with Crippen LogP contribution in [0.4, 0.5) is 0 Å². The predicted molar refractivity (Wildman–Crippen MR) is 78.3 cm³/mol. The Bertz CT molecular complexity index is 609. The highest BCUT2D eigenvalue weighted by molar-refractivity contribution is 5.71. The maximum atomic E-state index is 11.4. The highest BCUT2D eigenvalue weighted by atomic mass is 16.6. The minimum atomic E-state index is -0.479. The molecular weight excluding hydrogens is 284 g/mol. The Labute approximate surface area is 130 Å². The number of hydrogen-bond acceptors (Lipinski definition) is 6. The van der Waals surface area contributed by atoms with Crippen LogP contribution in [0.3, 0.4) is 0 Å². The smallest absolute Gasteiger partial charge is 0.344 e. The van der Waals surface area contributed by atoms with Crippen LogP contribution >= 0.6 is 0 Å². The van der Waals surface area contributed by atoms with Crippen LogP contribution in [0, 0.1) is 11.3 Å². The summed E-state index contributed by atoms with van der Waals surface area (Å²) in [5.74, 6) is -0.303. The van der Waals surface area contributed by atoms with E-state index in [0.717, 1.165) is 17.7 Å². The maximum absolute atomic E-state index is 11.4. The van der Waals surface area contributed by atoms with Gasteiger partial charge in [-0.25, -0.2) is 9.78 Å². The molecule has 1 aromatic heterocycles. The summed E-state index contributed by atoms with van der Waals surface area (Å²) in [7, 11) is 0. The van der Waals surface area contributed by atoms with Gasteiger partial charge >= 0.3 is 5.97 Å². The number of ether oxygens (including phenoxy) is 3. The highest BCUT2D eigenvalue weighted by Gasteiger charge is 2.31. The molecule has 0 aromatic carbocycles. The standard InChI is InChI=1S/C16H20N2O4/c1-4-16(3)7-13-12(9-22-16)6-11(8-17)15(18-13)21-10-14(19)20-5-2/h6H,4-5,7,9-10H2,1-3H3. The average molecular weight is 304 g/mol. The van der Waals surface area contributed by atoms with E-state index in [1.54, 1.807) is 13.0 Å². The number of pyridine rings is 1.